The van der Waals surface area contributed by atoms with Crippen LogP contribution in [0.4, 0.5) is 0 Å². The summed E-state index contributed by atoms with van der Waals surface area (Å²) in [6, 6.07) is 19.0. The molecule has 3 aromatic carbocycles. The predicted octanol–water partition coefficient (Wildman–Crippen LogP) is 7.26. The summed E-state index contributed by atoms with van der Waals surface area (Å²) in [6.45, 7) is 6.52. The van der Waals surface area contributed by atoms with Crippen LogP contribution in [0.3, 0.4) is 0 Å². The lowest BCUT2D eigenvalue weighted by atomic mass is 10.0. The van der Waals surface area contributed by atoms with Gasteiger partial charge in [0.1, 0.15) is 11.5 Å². The van der Waals surface area contributed by atoms with Gasteiger partial charge in [-0.1, -0.05) is 42.8 Å². The molecule has 0 saturated carbocycles. The molecule has 1 atom stereocenters. The number of rotatable bonds is 12. The Morgan fingerprint density at radius 2 is 1.79 bits per heavy atom. The number of carbonyl (C=O) groups is 1. The molecular formula is C28H31ClO5. The summed E-state index contributed by atoms with van der Waals surface area (Å²) < 4.78 is 18.2. The second-order valence-electron chi connectivity index (χ2n) is 8.20. The number of para-hydroxylation sites is 1. The quantitative estimate of drug-likeness (QED) is 0.294. The van der Waals surface area contributed by atoms with Crippen LogP contribution in [0.25, 0.3) is 0 Å². The van der Waals surface area contributed by atoms with Crippen molar-refractivity contribution >= 4 is 17.6 Å². The summed E-state index contributed by atoms with van der Waals surface area (Å²) in [5, 5.41) is 9.51. The first-order valence-electron chi connectivity index (χ1n) is 11.5. The molecule has 0 aliphatic heterocycles. The van der Waals surface area contributed by atoms with Crippen LogP contribution in [0.2, 0.25) is 5.02 Å². The van der Waals surface area contributed by atoms with Crippen molar-refractivity contribution in [3.05, 3.63) is 82.4 Å². The highest BCUT2D eigenvalue weighted by Crippen LogP contribution is 2.36. The fourth-order valence-corrected chi connectivity index (χ4v) is 3.74. The van der Waals surface area contributed by atoms with Crippen molar-refractivity contribution in [2.24, 2.45) is 0 Å². The third kappa shape index (κ3) is 7.42. The van der Waals surface area contributed by atoms with Crippen LogP contribution in [-0.4, -0.2) is 23.8 Å². The second kappa shape index (κ2) is 12.3. The summed E-state index contributed by atoms with van der Waals surface area (Å²) in [5.74, 6) is 1.93. The Hall–Kier alpha value is -3.18. The lowest BCUT2D eigenvalue weighted by Crippen LogP contribution is -2.16. The lowest BCUT2D eigenvalue weighted by Gasteiger charge is -2.19. The topological polar surface area (TPSA) is 65.0 Å². The Bertz CT molecular complexity index is 1110. The van der Waals surface area contributed by atoms with Crippen molar-refractivity contribution in [1.82, 2.24) is 0 Å². The Kier molecular flexibility index (Phi) is 9.23. The Labute approximate surface area is 206 Å². The first kappa shape index (κ1) is 25.4. The van der Waals surface area contributed by atoms with Crippen LogP contribution in [-0.2, 0) is 17.6 Å². The van der Waals surface area contributed by atoms with E-state index in [2.05, 4.69) is 6.92 Å². The molecule has 0 radical (unpaired) electrons. The first-order chi connectivity index (χ1) is 16.4. The molecular weight excluding hydrogens is 452 g/mol. The van der Waals surface area contributed by atoms with Crippen molar-refractivity contribution in [2.75, 3.05) is 6.61 Å². The third-order valence-corrected chi connectivity index (χ3v) is 5.74. The summed E-state index contributed by atoms with van der Waals surface area (Å²) in [4.78, 5) is 10.9. The van der Waals surface area contributed by atoms with Crippen molar-refractivity contribution in [1.29, 1.82) is 0 Å². The van der Waals surface area contributed by atoms with Crippen LogP contribution in [0, 0.1) is 6.92 Å². The fourth-order valence-electron chi connectivity index (χ4n) is 3.57. The van der Waals surface area contributed by atoms with Gasteiger partial charge in [0.25, 0.3) is 0 Å². The van der Waals surface area contributed by atoms with E-state index < -0.39 is 5.97 Å². The predicted molar refractivity (Wildman–Crippen MR) is 135 cm³/mol. The molecule has 0 bridgehead atoms. The van der Waals surface area contributed by atoms with Crippen LogP contribution >= 0.6 is 11.6 Å². The van der Waals surface area contributed by atoms with Crippen molar-refractivity contribution in [3.63, 3.8) is 0 Å². The average Bonchev–Trinajstić information content (AvgIpc) is 2.81. The van der Waals surface area contributed by atoms with Gasteiger partial charge in [0.05, 0.1) is 12.7 Å². The van der Waals surface area contributed by atoms with Gasteiger partial charge in [-0.3, -0.25) is 4.79 Å². The monoisotopic (exact) mass is 482 g/mol. The zero-order chi connectivity index (χ0) is 24.5. The molecule has 34 heavy (non-hydrogen) atoms. The minimum atomic E-state index is -0.787. The van der Waals surface area contributed by atoms with E-state index in [1.54, 1.807) is 12.1 Å². The number of carboxylic acid groups (broad SMARTS) is 1. The Morgan fingerprint density at radius 1 is 1.00 bits per heavy atom. The first-order valence-corrected chi connectivity index (χ1v) is 11.9. The molecule has 180 valence electrons. The molecule has 3 rings (SSSR count). The maximum atomic E-state index is 10.9. The van der Waals surface area contributed by atoms with Gasteiger partial charge in [0, 0.05) is 23.9 Å². The fraction of sp³-hybridized carbons (Fsp3) is 0.321. The van der Waals surface area contributed by atoms with Gasteiger partial charge in [-0.05, 0) is 73.7 Å². The summed E-state index contributed by atoms with van der Waals surface area (Å²) in [7, 11) is 0. The Balaban J connectivity index is 1.58. The molecule has 0 spiro atoms. The standard InChI is InChI=1S/C28H31ClO5/c1-4-21-17-24(12-9-22(21)10-14-28(30)31)32-16-15-20(3)33-26-13-11-23(29)18-27(26)34-25-8-6-5-7-19(25)2/h5-9,11-13,17-18,20H,4,10,14-16H2,1-3H3,(H,30,31)/t20-/m1/s1. The number of ether oxygens (including phenoxy) is 3. The number of halogens is 1. The highest BCUT2D eigenvalue weighted by atomic mass is 35.5. The van der Waals surface area contributed by atoms with E-state index in [4.69, 9.17) is 30.9 Å². The molecule has 0 aliphatic carbocycles. The summed E-state index contributed by atoms with van der Waals surface area (Å²) in [6.07, 6.45) is 2.04. The molecule has 0 amide bonds. The summed E-state index contributed by atoms with van der Waals surface area (Å²) in [5.41, 5.74) is 3.19. The number of aliphatic carboxylic acids is 1. The smallest absolute Gasteiger partial charge is 0.303 e. The van der Waals surface area contributed by atoms with Gasteiger partial charge < -0.3 is 19.3 Å². The molecule has 6 heteroatoms. The van der Waals surface area contributed by atoms with Gasteiger partial charge in [-0.25, -0.2) is 0 Å². The van der Waals surface area contributed by atoms with Crippen LogP contribution in [0.5, 0.6) is 23.0 Å². The maximum absolute atomic E-state index is 10.9. The van der Waals surface area contributed by atoms with E-state index in [-0.39, 0.29) is 12.5 Å². The lowest BCUT2D eigenvalue weighted by molar-refractivity contribution is -0.136. The Morgan fingerprint density at radius 3 is 2.53 bits per heavy atom. The van der Waals surface area contributed by atoms with Crippen LogP contribution in [0.1, 0.15) is 43.4 Å². The molecule has 0 aliphatic rings. The van der Waals surface area contributed by atoms with Crippen molar-refractivity contribution in [2.45, 2.75) is 52.6 Å². The van der Waals surface area contributed by atoms with Gasteiger partial charge in [-0.2, -0.15) is 0 Å². The highest BCUT2D eigenvalue weighted by Gasteiger charge is 2.13. The van der Waals surface area contributed by atoms with Gasteiger partial charge in [0.2, 0.25) is 0 Å². The molecule has 1 N–H and O–H groups in total. The largest absolute Gasteiger partial charge is 0.493 e. The SMILES string of the molecule is CCc1cc(OCC[C@@H](C)Oc2ccc(Cl)cc2Oc2ccccc2C)ccc1CCC(=O)O. The zero-order valence-electron chi connectivity index (χ0n) is 19.8. The number of carboxylic acids is 1. The maximum Gasteiger partial charge on any atom is 0.303 e. The van der Waals surface area contributed by atoms with Crippen LogP contribution in [0.15, 0.2) is 60.7 Å². The van der Waals surface area contributed by atoms with Gasteiger partial charge in [-0.15, -0.1) is 0 Å². The number of aryl methyl sites for hydroxylation is 3. The third-order valence-electron chi connectivity index (χ3n) is 5.51. The normalized spacial score (nSPS) is 11.6. The van der Waals surface area contributed by atoms with E-state index in [9.17, 15) is 4.79 Å². The van der Waals surface area contributed by atoms with Crippen LogP contribution < -0.4 is 14.2 Å². The zero-order valence-corrected chi connectivity index (χ0v) is 20.6. The van der Waals surface area contributed by atoms with Gasteiger partial charge >= 0.3 is 5.97 Å². The van der Waals surface area contributed by atoms with E-state index in [1.165, 1.54) is 0 Å². The number of hydrogen-bond donors (Lipinski definition) is 1. The van der Waals surface area contributed by atoms with E-state index in [1.807, 2.05) is 62.4 Å². The van der Waals surface area contributed by atoms with E-state index in [0.29, 0.717) is 36.0 Å². The average molecular weight is 483 g/mol. The minimum absolute atomic E-state index is 0.110. The highest BCUT2D eigenvalue weighted by molar-refractivity contribution is 6.30. The summed E-state index contributed by atoms with van der Waals surface area (Å²) >= 11 is 6.20. The van der Waals surface area contributed by atoms with E-state index in [0.717, 1.165) is 34.6 Å². The van der Waals surface area contributed by atoms with Crippen molar-refractivity contribution < 1.29 is 24.1 Å². The molecule has 0 heterocycles. The number of benzene rings is 3. The number of hydrogen-bond acceptors (Lipinski definition) is 4. The minimum Gasteiger partial charge on any atom is -0.493 e. The second-order valence-corrected chi connectivity index (χ2v) is 8.64. The van der Waals surface area contributed by atoms with Crippen molar-refractivity contribution in [3.8, 4) is 23.0 Å². The molecule has 0 unspecified atom stereocenters. The van der Waals surface area contributed by atoms with Gasteiger partial charge in [0.15, 0.2) is 11.5 Å². The van der Waals surface area contributed by atoms with E-state index >= 15 is 0 Å². The molecule has 0 saturated heterocycles. The molecule has 5 nitrogen and oxygen atoms in total. The molecule has 0 aromatic heterocycles. The molecule has 0 fully saturated rings. The molecule has 3 aromatic rings.